The first-order valence-corrected chi connectivity index (χ1v) is 9.02. The zero-order valence-corrected chi connectivity index (χ0v) is 15.6. The van der Waals surface area contributed by atoms with E-state index >= 15 is 0 Å². The van der Waals surface area contributed by atoms with Crippen molar-refractivity contribution >= 4 is 16.8 Å². The quantitative estimate of drug-likeness (QED) is 0.496. The molecular formula is C22H22N4O. The molecule has 4 rings (SSSR count). The third kappa shape index (κ3) is 3.36. The van der Waals surface area contributed by atoms with E-state index in [9.17, 15) is 4.79 Å². The lowest BCUT2D eigenvalue weighted by Gasteiger charge is -2.10. The number of benzene rings is 2. The molecule has 0 aliphatic rings. The number of nitrogens with one attached hydrogen (secondary N) is 3. The Bertz CT molecular complexity index is 1110. The molecule has 27 heavy (non-hydrogen) atoms. The van der Waals surface area contributed by atoms with Gasteiger partial charge in [-0.1, -0.05) is 36.4 Å². The smallest absolute Gasteiger partial charge is 0.268 e. The van der Waals surface area contributed by atoms with Crippen molar-refractivity contribution in [2.45, 2.75) is 26.8 Å². The highest BCUT2D eigenvalue weighted by Gasteiger charge is 2.17. The van der Waals surface area contributed by atoms with Gasteiger partial charge in [0.15, 0.2) is 0 Å². The van der Waals surface area contributed by atoms with E-state index in [1.165, 1.54) is 5.56 Å². The Balaban J connectivity index is 1.53. The first-order valence-electron chi connectivity index (χ1n) is 9.02. The van der Waals surface area contributed by atoms with Crippen molar-refractivity contribution in [2.75, 3.05) is 0 Å². The van der Waals surface area contributed by atoms with E-state index in [0.29, 0.717) is 5.69 Å². The molecule has 0 aliphatic heterocycles. The summed E-state index contributed by atoms with van der Waals surface area (Å²) in [6, 6.07) is 15.8. The molecule has 4 aromatic rings. The van der Waals surface area contributed by atoms with Gasteiger partial charge in [-0.25, -0.2) is 4.98 Å². The largest absolute Gasteiger partial charge is 0.351 e. The minimum atomic E-state index is -0.232. The molecule has 2 aromatic carbocycles. The molecule has 2 heterocycles. The molecule has 5 nitrogen and oxygen atoms in total. The molecule has 0 aliphatic carbocycles. The van der Waals surface area contributed by atoms with Crippen LogP contribution in [0.1, 0.15) is 40.4 Å². The van der Waals surface area contributed by atoms with Gasteiger partial charge in [0.05, 0.1) is 17.9 Å². The molecule has 136 valence electrons. The molecule has 3 N–H and O–H groups in total. The first-order chi connectivity index (χ1) is 13.0. The van der Waals surface area contributed by atoms with Gasteiger partial charge in [-0.3, -0.25) is 4.79 Å². The molecule has 5 heteroatoms. The van der Waals surface area contributed by atoms with Crippen molar-refractivity contribution in [3.05, 3.63) is 77.4 Å². The van der Waals surface area contributed by atoms with E-state index in [2.05, 4.69) is 46.2 Å². The number of carbonyl (C=O) groups is 1. The van der Waals surface area contributed by atoms with Crippen molar-refractivity contribution < 1.29 is 4.79 Å². The van der Waals surface area contributed by atoms with Crippen LogP contribution in [-0.2, 0) is 0 Å². The number of aromatic amines is 2. The number of imidazole rings is 1. The molecule has 0 fully saturated rings. The molecular weight excluding hydrogens is 336 g/mol. The standard InChI is InChI=1S/C22H22N4O/c1-13-9-14(2)17-11-19(25-18(17)10-13)22(27)24-15(3)21-23-12-20(26-21)16-7-5-4-6-8-16/h4-12,15,25H,1-3H3,(H,23,26)(H,24,27). The van der Waals surface area contributed by atoms with Crippen LogP contribution in [0.2, 0.25) is 0 Å². The summed E-state index contributed by atoms with van der Waals surface area (Å²) in [6.45, 7) is 6.03. The zero-order chi connectivity index (χ0) is 19.0. The Morgan fingerprint density at radius 1 is 1.07 bits per heavy atom. The van der Waals surface area contributed by atoms with Crippen LogP contribution in [0.3, 0.4) is 0 Å². The summed E-state index contributed by atoms with van der Waals surface area (Å²) in [6.07, 6.45) is 1.79. The van der Waals surface area contributed by atoms with Crippen molar-refractivity contribution in [3.63, 3.8) is 0 Å². The molecule has 1 atom stereocenters. The number of amides is 1. The monoisotopic (exact) mass is 358 g/mol. The number of H-pyrrole nitrogens is 2. The Kier molecular flexibility index (Phi) is 4.28. The van der Waals surface area contributed by atoms with Gasteiger partial charge in [-0.05, 0) is 49.6 Å². The molecule has 1 amide bonds. The van der Waals surface area contributed by atoms with E-state index < -0.39 is 0 Å². The highest BCUT2D eigenvalue weighted by Crippen LogP contribution is 2.22. The van der Waals surface area contributed by atoms with Gasteiger partial charge in [0, 0.05) is 10.9 Å². The number of hydrogen-bond acceptors (Lipinski definition) is 2. The van der Waals surface area contributed by atoms with Crippen molar-refractivity contribution in [2.24, 2.45) is 0 Å². The normalized spacial score (nSPS) is 12.3. The summed E-state index contributed by atoms with van der Waals surface area (Å²) >= 11 is 0. The van der Waals surface area contributed by atoms with Gasteiger partial charge < -0.3 is 15.3 Å². The average molecular weight is 358 g/mol. The highest BCUT2D eigenvalue weighted by atomic mass is 16.1. The Hall–Kier alpha value is -3.34. The predicted molar refractivity (Wildman–Crippen MR) is 108 cm³/mol. The maximum atomic E-state index is 12.7. The summed E-state index contributed by atoms with van der Waals surface area (Å²) in [5.41, 5.74) is 5.87. The van der Waals surface area contributed by atoms with Crippen molar-refractivity contribution in [1.82, 2.24) is 20.3 Å². The molecule has 0 bridgehead atoms. The lowest BCUT2D eigenvalue weighted by atomic mass is 10.1. The molecule has 2 aromatic heterocycles. The first kappa shape index (κ1) is 17.1. The fourth-order valence-corrected chi connectivity index (χ4v) is 3.39. The van der Waals surface area contributed by atoms with Crippen LogP contribution in [0.15, 0.2) is 54.7 Å². The van der Waals surface area contributed by atoms with E-state index in [1.54, 1.807) is 6.20 Å². The molecule has 0 saturated carbocycles. The average Bonchev–Trinajstić information content (AvgIpc) is 3.30. The van der Waals surface area contributed by atoms with Crippen LogP contribution in [-0.4, -0.2) is 20.9 Å². The molecule has 0 radical (unpaired) electrons. The SMILES string of the molecule is Cc1cc(C)c2cc(C(=O)NC(C)c3ncc(-c4ccccc4)[nH]3)[nH]c2c1. The van der Waals surface area contributed by atoms with Gasteiger partial charge in [0.2, 0.25) is 0 Å². The summed E-state index contributed by atoms with van der Waals surface area (Å²) in [4.78, 5) is 23.6. The second-order valence-electron chi connectivity index (χ2n) is 6.97. The molecule has 0 saturated heterocycles. The van der Waals surface area contributed by atoms with E-state index in [0.717, 1.165) is 33.5 Å². The van der Waals surface area contributed by atoms with Crippen molar-refractivity contribution in [1.29, 1.82) is 0 Å². The van der Waals surface area contributed by atoms with E-state index in [4.69, 9.17) is 0 Å². The molecule has 1 unspecified atom stereocenters. The van der Waals surface area contributed by atoms with Crippen LogP contribution in [0, 0.1) is 13.8 Å². The summed E-state index contributed by atoms with van der Waals surface area (Å²) < 4.78 is 0. The maximum absolute atomic E-state index is 12.7. The fourth-order valence-electron chi connectivity index (χ4n) is 3.39. The third-order valence-electron chi connectivity index (χ3n) is 4.77. The minimum Gasteiger partial charge on any atom is -0.351 e. The van der Waals surface area contributed by atoms with Crippen LogP contribution < -0.4 is 5.32 Å². The summed E-state index contributed by atoms with van der Waals surface area (Å²) in [7, 11) is 0. The number of aryl methyl sites for hydroxylation is 2. The Labute approximate surface area is 157 Å². The van der Waals surface area contributed by atoms with Crippen LogP contribution in [0.4, 0.5) is 0 Å². The van der Waals surface area contributed by atoms with Gasteiger partial charge in [0.25, 0.3) is 5.91 Å². The Morgan fingerprint density at radius 2 is 1.85 bits per heavy atom. The lowest BCUT2D eigenvalue weighted by molar-refractivity contribution is 0.0934. The van der Waals surface area contributed by atoms with E-state index in [1.807, 2.05) is 43.3 Å². The number of rotatable bonds is 4. The predicted octanol–water partition coefficient (Wildman–Crippen LogP) is 4.67. The molecule has 0 spiro atoms. The second-order valence-corrected chi connectivity index (χ2v) is 6.97. The van der Waals surface area contributed by atoms with Gasteiger partial charge in [-0.15, -0.1) is 0 Å². The topological polar surface area (TPSA) is 73.6 Å². The second kappa shape index (κ2) is 6.76. The lowest BCUT2D eigenvalue weighted by Crippen LogP contribution is -2.27. The van der Waals surface area contributed by atoms with Gasteiger partial charge >= 0.3 is 0 Å². The number of carbonyl (C=O) groups excluding carboxylic acids is 1. The van der Waals surface area contributed by atoms with Gasteiger partial charge in [0.1, 0.15) is 11.5 Å². The minimum absolute atomic E-state index is 0.145. The van der Waals surface area contributed by atoms with E-state index in [-0.39, 0.29) is 11.9 Å². The zero-order valence-electron chi connectivity index (χ0n) is 15.6. The summed E-state index contributed by atoms with van der Waals surface area (Å²) in [5.74, 6) is 0.582. The summed E-state index contributed by atoms with van der Waals surface area (Å²) in [5, 5.41) is 4.08. The number of aromatic nitrogens is 3. The van der Waals surface area contributed by atoms with Crippen LogP contribution >= 0.6 is 0 Å². The van der Waals surface area contributed by atoms with Crippen molar-refractivity contribution in [3.8, 4) is 11.3 Å². The van der Waals surface area contributed by atoms with Crippen LogP contribution in [0.5, 0.6) is 0 Å². The number of nitrogens with zero attached hydrogens (tertiary/aromatic N) is 1. The maximum Gasteiger partial charge on any atom is 0.268 e. The van der Waals surface area contributed by atoms with Gasteiger partial charge in [-0.2, -0.15) is 0 Å². The fraction of sp³-hybridized carbons (Fsp3) is 0.182. The number of hydrogen-bond donors (Lipinski definition) is 3. The van der Waals surface area contributed by atoms with Crippen LogP contribution in [0.25, 0.3) is 22.2 Å². The Morgan fingerprint density at radius 3 is 2.63 bits per heavy atom. The third-order valence-corrected chi connectivity index (χ3v) is 4.77. The number of fused-ring (bicyclic) bond motifs is 1. The highest BCUT2D eigenvalue weighted by molar-refractivity contribution is 5.99.